The summed E-state index contributed by atoms with van der Waals surface area (Å²) in [7, 11) is 3.18. The van der Waals surface area contributed by atoms with E-state index >= 15 is 0 Å². The third-order valence-corrected chi connectivity index (χ3v) is 7.73. The number of aryl methyl sites for hydroxylation is 2. The molecule has 0 amide bonds. The topological polar surface area (TPSA) is 72.7 Å². The summed E-state index contributed by atoms with van der Waals surface area (Å²) in [6.45, 7) is 6.08. The van der Waals surface area contributed by atoms with Crippen LogP contribution in [-0.4, -0.2) is 60.7 Å². The van der Waals surface area contributed by atoms with Crippen molar-refractivity contribution in [3.05, 3.63) is 87.7 Å². The molecule has 0 bridgehead atoms. The summed E-state index contributed by atoms with van der Waals surface area (Å²) in [4.78, 5) is 35.3. The van der Waals surface area contributed by atoms with Crippen molar-refractivity contribution < 1.29 is 0 Å². The lowest BCUT2D eigenvalue weighted by molar-refractivity contribution is 0.251. The second kappa shape index (κ2) is 9.98. The number of benzene rings is 2. The van der Waals surface area contributed by atoms with Crippen molar-refractivity contribution in [3.8, 4) is 11.3 Å². The van der Waals surface area contributed by atoms with Crippen molar-refractivity contribution in [2.45, 2.75) is 19.4 Å². The van der Waals surface area contributed by atoms with Crippen LogP contribution in [-0.2, 0) is 20.6 Å². The molecule has 1 aliphatic heterocycles. The zero-order valence-electron chi connectivity index (χ0n) is 22.0. The molecule has 9 heteroatoms. The lowest BCUT2D eigenvalue weighted by Crippen LogP contribution is -2.46. The number of aromatic nitrogens is 5. The Morgan fingerprint density at radius 3 is 2.16 bits per heavy atom. The number of hydrogen-bond donors (Lipinski definition) is 0. The molecule has 1 fully saturated rings. The van der Waals surface area contributed by atoms with E-state index in [0.717, 1.165) is 67.9 Å². The maximum atomic E-state index is 13.1. The molecule has 0 spiro atoms. The Morgan fingerprint density at radius 1 is 0.789 bits per heavy atom. The Kier molecular flexibility index (Phi) is 6.37. The van der Waals surface area contributed by atoms with Crippen molar-refractivity contribution in [2.75, 3.05) is 37.6 Å². The molecular formula is C29H33N7O2. The Labute approximate surface area is 220 Å². The number of anilines is 1. The maximum Gasteiger partial charge on any atom is 0.332 e. The third-order valence-electron chi connectivity index (χ3n) is 7.73. The predicted molar refractivity (Wildman–Crippen MR) is 151 cm³/mol. The van der Waals surface area contributed by atoms with Gasteiger partial charge in [-0.25, -0.2) is 4.79 Å². The van der Waals surface area contributed by atoms with Crippen LogP contribution >= 0.6 is 0 Å². The van der Waals surface area contributed by atoms with E-state index in [9.17, 15) is 9.59 Å². The molecule has 0 atom stereocenters. The summed E-state index contributed by atoms with van der Waals surface area (Å²) < 4.78 is 6.63. The fourth-order valence-corrected chi connectivity index (χ4v) is 5.55. The number of hydrogen-bond acceptors (Lipinski definition) is 5. The van der Waals surface area contributed by atoms with Gasteiger partial charge in [-0.3, -0.25) is 23.2 Å². The highest BCUT2D eigenvalue weighted by Crippen LogP contribution is 2.26. The van der Waals surface area contributed by atoms with Gasteiger partial charge in [-0.1, -0.05) is 48.5 Å². The van der Waals surface area contributed by atoms with Gasteiger partial charge in [0, 0.05) is 58.7 Å². The summed E-state index contributed by atoms with van der Waals surface area (Å²) in [5.41, 5.74) is 3.53. The molecule has 4 heterocycles. The van der Waals surface area contributed by atoms with Crippen LogP contribution in [0.1, 0.15) is 12.8 Å². The average molecular weight is 512 g/mol. The molecule has 2 aromatic carbocycles. The molecule has 0 N–H and O–H groups in total. The highest BCUT2D eigenvalue weighted by molar-refractivity contribution is 5.78. The van der Waals surface area contributed by atoms with Crippen LogP contribution in [0.15, 0.2) is 76.4 Å². The lowest BCUT2D eigenvalue weighted by atomic mass is 10.1. The van der Waals surface area contributed by atoms with Crippen molar-refractivity contribution in [1.82, 2.24) is 28.0 Å². The summed E-state index contributed by atoms with van der Waals surface area (Å²) in [5, 5.41) is 0. The first-order valence-corrected chi connectivity index (χ1v) is 13.3. The number of nitrogens with zero attached hydrogens (tertiary/aromatic N) is 7. The van der Waals surface area contributed by atoms with Gasteiger partial charge in [0.2, 0.25) is 5.78 Å². The third kappa shape index (κ3) is 4.22. The Balaban J connectivity index is 1.22. The average Bonchev–Trinajstić information content (AvgIpc) is 3.51. The predicted octanol–water partition coefficient (Wildman–Crippen LogP) is 2.96. The summed E-state index contributed by atoms with van der Waals surface area (Å²) in [6, 6.07) is 20.8. The second-order valence-electron chi connectivity index (χ2n) is 10.1. The van der Waals surface area contributed by atoms with Gasteiger partial charge >= 0.3 is 5.69 Å². The number of para-hydroxylation sites is 1. The summed E-state index contributed by atoms with van der Waals surface area (Å²) in [5.74, 6) is 0.689. The standard InChI is InChI=1S/C29H33N7O2/c1-31-26-25(27(37)32(2)29(31)38)36-21-24(22-11-5-3-6-12-22)35(28(36)30-26)16-10-9-15-33-17-19-34(20-18-33)23-13-7-4-8-14-23/h3-8,11-14,21H,9-10,15-20H2,1-2H3. The minimum Gasteiger partial charge on any atom is -0.369 e. The van der Waals surface area contributed by atoms with E-state index in [1.807, 2.05) is 28.8 Å². The van der Waals surface area contributed by atoms with E-state index in [2.05, 4.69) is 56.8 Å². The molecule has 0 radical (unpaired) electrons. The first-order chi connectivity index (χ1) is 18.5. The number of piperazine rings is 1. The quantitative estimate of drug-likeness (QED) is 0.314. The molecular weight excluding hydrogens is 478 g/mol. The monoisotopic (exact) mass is 511 g/mol. The largest absolute Gasteiger partial charge is 0.369 e. The minimum atomic E-state index is -0.370. The van der Waals surface area contributed by atoms with Crippen molar-refractivity contribution in [1.29, 1.82) is 0 Å². The van der Waals surface area contributed by atoms with Crippen LogP contribution in [0.4, 0.5) is 5.69 Å². The van der Waals surface area contributed by atoms with Crippen LogP contribution in [0.3, 0.4) is 0 Å². The normalized spacial score (nSPS) is 14.6. The minimum absolute atomic E-state index is 0.331. The van der Waals surface area contributed by atoms with E-state index in [0.29, 0.717) is 16.9 Å². The van der Waals surface area contributed by atoms with Crippen LogP contribution in [0, 0.1) is 0 Å². The van der Waals surface area contributed by atoms with Crippen LogP contribution in [0.2, 0.25) is 0 Å². The van der Waals surface area contributed by atoms with Crippen LogP contribution in [0.5, 0.6) is 0 Å². The van der Waals surface area contributed by atoms with Gasteiger partial charge in [-0.15, -0.1) is 0 Å². The maximum absolute atomic E-state index is 13.1. The molecule has 0 unspecified atom stereocenters. The first kappa shape index (κ1) is 24.2. The van der Waals surface area contributed by atoms with Gasteiger partial charge in [0.05, 0.1) is 5.69 Å². The Bertz CT molecular complexity index is 1690. The van der Waals surface area contributed by atoms with Crippen molar-refractivity contribution in [3.63, 3.8) is 0 Å². The molecule has 38 heavy (non-hydrogen) atoms. The smallest absolute Gasteiger partial charge is 0.332 e. The Morgan fingerprint density at radius 2 is 1.45 bits per heavy atom. The zero-order chi connectivity index (χ0) is 26.2. The highest BCUT2D eigenvalue weighted by atomic mass is 16.2. The molecule has 3 aromatic heterocycles. The van der Waals surface area contributed by atoms with Gasteiger partial charge in [0.25, 0.3) is 5.56 Å². The fraction of sp³-hybridized carbons (Fsp3) is 0.345. The number of rotatable bonds is 7. The number of fused-ring (bicyclic) bond motifs is 3. The van der Waals surface area contributed by atoms with Gasteiger partial charge in [-0.05, 0) is 37.1 Å². The van der Waals surface area contributed by atoms with Gasteiger partial charge < -0.3 is 9.47 Å². The second-order valence-corrected chi connectivity index (χ2v) is 10.1. The molecule has 0 aliphatic carbocycles. The fourth-order valence-electron chi connectivity index (χ4n) is 5.55. The summed E-state index contributed by atoms with van der Waals surface area (Å²) in [6.07, 6.45) is 4.04. The molecule has 1 saturated heterocycles. The molecule has 0 saturated carbocycles. The van der Waals surface area contributed by atoms with Gasteiger partial charge in [0.1, 0.15) is 0 Å². The zero-order valence-corrected chi connectivity index (χ0v) is 22.0. The van der Waals surface area contributed by atoms with Gasteiger partial charge in [-0.2, -0.15) is 4.98 Å². The van der Waals surface area contributed by atoms with Crippen molar-refractivity contribution >= 4 is 22.6 Å². The number of unbranched alkanes of at least 4 members (excludes halogenated alkanes) is 1. The van der Waals surface area contributed by atoms with Crippen LogP contribution in [0.25, 0.3) is 28.2 Å². The van der Waals surface area contributed by atoms with E-state index in [1.165, 1.54) is 17.3 Å². The first-order valence-electron chi connectivity index (χ1n) is 13.3. The van der Waals surface area contributed by atoms with E-state index in [1.54, 1.807) is 7.05 Å². The van der Waals surface area contributed by atoms with E-state index < -0.39 is 0 Å². The number of imidazole rings is 2. The molecule has 196 valence electrons. The molecule has 9 nitrogen and oxygen atoms in total. The van der Waals surface area contributed by atoms with Crippen molar-refractivity contribution in [2.24, 2.45) is 14.1 Å². The van der Waals surface area contributed by atoms with E-state index in [4.69, 9.17) is 4.98 Å². The summed E-state index contributed by atoms with van der Waals surface area (Å²) >= 11 is 0. The SMILES string of the molecule is Cn1c(=O)c2c(nc3n(CCCCN4CCN(c5ccccc5)CC4)c(-c4ccccc4)cn23)n(C)c1=O. The Hall–Kier alpha value is -4.11. The van der Waals surface area contributed by atoms with Crippen LogP contribution < -0.4 is 16.1 Å². The highest BCUT2D eigenvalue weighted by Gasteiger charge is 2.21. The van der Waals surface area contributed by atoms with Gasteiger partial charge in [0.15, 0.2) is 11.2 Å². The lowest BCUT2D eigenvalue weighted by Gasteiger charge is -2.36. The van der Waals surface area contributed by atoms with E-state index in [-0.39, 0.29) is 11.2 Å². The molecule has 6 rings (SSSR count). The molecule has 5 aromatic rings. The molecule has 1 aliphatic rings.